The normalized spacial score (nSPS) is 17.4. The second kappa shape index (κ2) is 11.3. The van der Waals surface area contributed by atoms with Crippen LogP contribution in [0.1, 0.15) is 33.6 Å². The lowest BCUT2D eigenvalue weighted by Crippen LogP contribution is -2.40. The average Bonchev–Trinajstić information content (AvgIpc) is 3.00. The van der Waals surface area contributed by atoms with Crippen molar-refractivity contribution in [1.82, 2.24) is 10.2 Å². The van der Waals surface area contributed by atoms with E-state index in [-0.39, 0.29) is 36.4 Å². The van der Waals surface area contributed by atoms with Crippen molar-refractivity contribution < 1.29 is 4.79 Å². The Morgan fingerprint density at radius 2 is 2.04 bits per heavy atom. The van der Waals surface area contributed by atoms with Gasteiger partial charge in [-0.3, -0.25) is 4.79 Å². The number of likely N-dealkylation sites (tertiary alicyclic amines) is 1. The molecule has 2 N–H and O–H groups in total. The van der Waals surface area contributed by atoms with Crippen LogP contribution in [0.2, 0.25) is 0 Å². The Kier molecular flexibility index (Phi) is 9.85. The van der Waals surface area contributed by atoms with Crippen LogP contribution in [-0.2, 0) is 4.79 Å². The summed E-state index contributed by atoms with van der Waals surface area (Å²) in [6.45, 7) is 9.61. The summed E-state index contributed by atoms with van der Waals surface area (Å²) in [6, 6.07) is 9.50. The van der Waals surface area contributed by atoms with Gasteiger partial charge in [-0.05, 0) is 43.7 Å². The molecular formula is C19H31IN4O. The van der Waals surface area contributed by atoms with E-state index in [4.69, 9.17) is 0 Å². The number of carbonyl (C=O) groups is 1. The second-order valence-corrected chi connectivity index (χ2v) is 6.81. The van der Waals surface area contributed by atoms with E-state index in [2.05, 4.69) is 41.3 Å². The lowest BCUT2D eigenvalue weighted by Gasteiger charge is -2.22. The molecule has 0 bridgehead atoms. The molecule has 2 rings (SSSR count). The van der Waals surface area contributed by atoms with Crippen LogP contribution < -0.4 is 10.6 Å². The van der Waals surface area contributed by atoms with Crippen LogP contribution in [0.25, 0.3) is 0 Å². The van der Waals surface area contributed by atoms with E-state index in [0.29, 0.717) is 0 Å². The number of anilines is 1. The zero-order valence-corrected chi connectivity index (χ0v) is 17.8. The fourth-order valence-corrected chi connectivity index (χ4v) is 3.18. The second-order valence-electron chi connectivity index (χ2n) is 6.81. The van der Waals surface area contributed by atoms with Gasteiger partial charge in [-0.15, -0.1) is 24.0 Å². The summed E-state index contributed by atoms with van der Waals surface area (Å²) in [6.07, 6.45) is 2.46. The van der Waals surface area contributed by atoms with Crippen molar-refractivity contribution in [3.05, 3.63) is 30.3 Å². The van der Waals surface area contributed by atoms with E-state index in [0.717, 1.165) is 43.1 Å². The number of aliphatic imine (C=N–C) groups is 1. The van der Waals surface area contributed by atoms with Gasteiger partial charge >= 0.3 is 0 Å². The zero-order valence-electron chi connectivity index (χ0n) is 15.5. The fourth-order valence-electron chi connectivity index (χ4n) is 3.18. The number of nitrogens with zero attached hydrogens (tertiary/aromatic N) is 2. The van der Waals surface area contributed by atoms with Gasteiger partial charge in [-0.1, -0.05) is 32.0 Å². The third-order valence-corrected chi connectivity index (χ3v) is 4.15. The Morgan fingerprint density at radius 1 is 1.32 bits per heavy atom. The van der Waals surface area contributed by atoms with Gasteiger partial charge < -0.3 is 15.5 Å². The Hall–Kier alpha value is -1.31. The first-order chi connectivity index (χ1) is 11.6. The summed E-state index contributed by atoms with van der Waals surface area (Å²) < 4.78 is 0. The van der Waals surface area contributed by atoms with Crippen molar-refractivity contribution in [2.45, 2.75) is 33.6 Å². The smallest absolute Gasteiger partial charge is 0.246 e. The van der Waals surface area contributed by atoms with Crippen molar-refractivity contribution in [3.63, 3.8) is 0 Å². The van der Waals surface area contributed by atoms with E-state index in [1.807, 2.05) is 30.3 Å². The number of guanidine groups is 1. The maximum atomic E-state index is 12.1. The predicted octanol–water partition coefficient (Wildman–Crippen LogP) is 3.58. The van der Waals surface area contributed by atoms with Gasteiger partial charge in [0.1, 0.15) is 6.54 Å². The Bertz CT molecular complexity index is 548. The highest BCUT2D eigenvalue weighted by atomic mass is 127. The standard InChI is InChI=1S/C19H30N4O.HI/c1-4-20-19(23-11-10-16(14-23)12-15(2)3)21-13-18(24)22-17-8-6-5-7-9-17;/h5-9,15-16H,4,10-14H2,1-3H3,(H,20,21)(H,22,24);1H. The van der Waals surface area contributed by atoms with E-state index in [1.54, 1.807) is 0 Å². The molecule has 1 aromatic rings. The lowest BCUT2D eigenvalue weighted by atomic mass is 9.97. The Morgan fingerprint density at radius 3 is 2.68 bits per heavy atom. The third kappa shape index (κ3) is 7.63. The molecule has 1 aliphatic heterocycles. The molecule has 1 fully saturated rings. The molecule has 1 saturated heterocycles. The van der Waals surface area contributed by atoms with Gasteiger partial charge in [0.25, 0.3) is 0 Å². The molecule has 1 heterocycles. The molecule has 0 radical (unpaired) electrons. The molecule has 1 amide bonds. The van der Waals surface area contributed by atoms with E-state index >= 15 is 0 Å². The molecule has 25 heavy (non-hydrogen) atoms. The van der Waals surface area contributed by atoms with Crippen LogP contribution in [0.4, 0.5) is 5.69 Å². The number of para-hydroxylation sites is 1. The van der Waals surface area contributed by atoms with E-state index in [1.165, 1.54) is 12.8 Å². The highest BCUT2D eigenvalue weighted by Crippen LogP contribution is 2.23. The first-order valence-corrected chi connectivity index (χ1v) is 8.96. The van der Waals surface area contributed by atoms with Crippen LogP contribution in [0.5, 0.6) is 0 Å². The van der Waals surface area contributed by atoms with Gasteiger partial charge in [0.2, 0.25) is 5.91 Å². The number of hydrogen-bond donors (Lipinski definition) is 2. The minimum Gasteiger partial charge on any atom is -0.357 e. The fraction of sp³-hybridized carbons (Fsp3) is 0.579. The topological polar surface area (TPSA) is 56.7 Å². The highest BCUT2D eigenvalue weighted by Gasteiger charge is 2.25. The van der Waals surface area contributed by atoms with E-state index in [9.17, 15) is 4.79 Å². The van der Waals surface area contributed by atoms with Gasteiger partial charge in [-0.2, -0.15) is 0 Å². The van der Waals surface area contributed by atoms with Crippen molar-refractivity contribution in [2.75, 3.05) is 31.5 Å². The summed E-state index contributed by atoms with van der Waals surface area (Å²) in [7, 11) is 0. The molecule has 0 aromatic heterocycles. The number of carbonyl (C=O) groups excluding carboxylic acids is 1. The van der Waals surface area contributed by atoms with Crippen molar-refractivity contribution >= 4 is 41.5 Å². The van der Waals surface area contributed by atoms with Gasteiger partial charge in [0.15, 0.2) is 5.96 Å². The minimum absolute atomic E-state index is 0. The van der Waals surface area contributed by atoms with Crippen molar-refractivity contribution in [2.24, 2.45) is 16.8 Å². The number of amides is 1. The molecule has 1 aliphatic rings. The maximum Gasteiger partial charge on any atom is 0.246 e. The first-order valence-electron chi connectivity index (χ1n) is 8.96. The third-order valence-electron chi connectivity index (χ3n) is 4.15. The SMILES string of the molecule is CCNC(=NCC(=O)Nc1ccccc1)N1CCC(CC(C)C)C1.I. The number of hydrogen-bond acceptors (Lipinski definition) is 2. The van der Waals surface area contributed by atoms with E-state index < -0.39 is 0 Å². The summed E-state index contributed by atoms with van der Waals surface area (Å²) in [5.74, 6) is 2.22. The zero-order chi connectivity index (χ0) is 17.4. The molecule has 6 heteroatoms. The van der Waals surface area contributed by atoms with Crippen LogP contribution in [0.3, 0.4) is 0 Å². The number of nitrogens with one attached hydrogen (secondary N) is 2. The Balaban J connectivity index is 0.00000312. The number of halogens is 1. The largest absolute Gasteiger partial charge is 0.357 e. The number of rotatable bonds is 6. The molecule has 0 saturated carbocycles. The summed E-state index contributed by atoms with van der Waals surface area (Å²) in [5.41, 5.74) is 0.806. The summed E-state index contributed by atoms with van der Waals surface area (Å²) >= 11 is 0. The highest BCUT2D eigenvalue weighted by molar-refractivity contribution is 14.0. The van der Waals surface area contributed by atoms with Gasteiger partial charge in [-0.25, -0.2) is 4.99 Å². The molecule has 140 valence electrons. The van der Waals surface area contributed by atoms with Crippen LogP contribution in [0, 0.1) is 11.8 Å². The summed E-state index contributed by atoms with van der Waals surface area (Å²) in [5, 5.41) is 6.19. The molecule has 0 spiro atoms. The molecule has 0 aliphatic carbocycles. The molecule has 1 unspecified atom stereocenters. The average molecular weight is 458 g/mol. The van der Waals surface area contributed by atoms with Crippen LogP contribution >= 0.6 is 24.0 Å². The first kappa shape index (κ1) is 21.7. The Labute approximate surface area is 168 Å². The van der Waals surface area contributed by atoms with Gasteiger partial charge in [0.05, 0.1) is 0 Å². The lowest BCUT2D eigenvalue weighted by molar-refractivity contribution is -0.114. The maximum absolute atomic E-state index is 12.1. The van der Waals surface area contributed by atoms with Crippen molar-refractivity contribution in [1.29, 1.82) is 0 Å². The van der Waals surface area contributed by atoms with Crippen LogP contribution in [-0.4, -0.2) is 42.9 Å². The molecule has 5 nitrogen and oxygen atoms in total. The molecular weight excluding hydrogens is 427 g/mol. The molecule has 1 atom stereocenters. The summed E-state index contributed by atoms with van der Waals surface area (Å²) in [4.78, 5) is 18.9. The quantitative estimate of drug-likeness (QED) is 0.389. The minimum atomic E-state index is -0.0884. The molecule has 1 aromatic carbocycles. The monoisotopic (exact) mass is 458 g/mol. The van der Waals surface area contributed by atoms with Crippen LogP contribution in [0.15, 0.2) is 35.3 Å². The van der Waals surface area contributed by atoms with Crippen molar-refractivity contribution in [3.8, 4) is 0 Å². The van der Waals surface area contributed by atoms with Gasteiger partial charge in [0, 0.05) is 25.3 Å². The predicted molar refractivity (Wildman–Crippen MR) is 116 cm³/mol. The number of benzene rings is 1.